The monoisotopic (exact) mass is 264 g/mol. The SMILES string of the molecule is O=C(O)c1ccc(F)cc1NC(=O)N1CC=CCC1. The molecule has 0 fully saturated rings. The number of carbonyl (C=O) groups excluding carboxylic acids is 1. The van der Waals surface area contributed by atoms with E-state index in [0.717, 1.165) is 24.6 Å². The van der Waals surface area contributed by atoms with Crippen LogP contribution in [0.25, 0.3) is 0 Å². The van der Waals surface area contributed by atoms with Gasteiger partial charge in [0.05, 0.1) is 11.3 Å². The van der Waals surface area contributed by atoms with E-state index in [4.69, 9.17) is 5.11 Å². The number of amides is 2. The maximum atomic E-state index is 13.1. The molecule has 1 aliphatic heterocycles. The first-order chi connectivity index (χ1) is 9.08. The highest BCUT2D eigenvalue weighted by Gasteiger charge is 2.17. The van der Waals surface area contributed by atoms with E-state index in [1.165, 1.54) is 4.90 Å². The Labute approximate surface area is 109 Å². The van der Waals surface area contributed by atoms with Gasteiger partial charge in [0, 0.05) is 13.1 Å². The van der Waals surface area contributed by atoms with E-state index >= 15 is 0 Å². The lowest BCUT2D eigenvalue weighted by atomic mass is 10.1. The van der Waals surface area contributed by atoms with Crippen molar-refractivity contribution in [1.82, 2.24) is 4.90 Å². The normalized spacial score (nSPS) is 14.3. The van der Waals surface area contributed by atoms with Crippen molar-refractivity contribution < 1.29 is 19.1 Å². The van der Waals surface area contributed by atoms with Gasteiger partial charge in [0.2, 0.25) is 0 Å². The van der Waals surface area contributed by atoms with Gasteiger partial charge in [-0.25, -0.2) is 14.0 Å². The van der Waals surface area contributed by atoms with Gasteiger partial charge in [-0.05, 0) is 24.6 Å². The number of carboxylic acids is 1. The molecule has 0 spiro atoms. The fraction of sp³-hybridized carbons (Fsp3) is 0.231. The minimum atomic E-state index is -1.21. The van der Waals surface area contributed by atoms with E-state index in [1.807, 2.05) is 12.2 Å². The summed E-state index contributed by atoms with van der Waals surface area (Å²) in [6.45, 7) is 1.02. The van der Waals surface area contributed by atoms with E-state index in [2.05, 4.69) is 5.32 Å². The number of carboxylic acid groups (broad SMARTS) is 1. The van der Waals surface area contributed by atoms with Gasteiger partial charge in [0.15, 0.2) is 0 Å². The van der Waals surface area contributed by atoms with Crippen molar-refractivity contribution in [3.8, 4) is 0 Å². The molecule has 2 N–H and O–H groups in total. The summed E-state index contributed by atoms with van der Waals surface area (Å²) in [4.78, 5) is 24.4. The summed E-state index contributed by atoms with van der Waals surface area (Å²) in [6, 6.07) is 2.74. The molecule has 5 nitrogen and oxygen atoms in total. The molecule has 0 aliphatic carbocycles. The summed E-state index contributed by atoms with van der Waals surface area (Å²) >= 11 is 0. The van der Waals surface area contributed by atoms with Crippen molar-refractivity contribution in [3.05, 3.63) is 41.7 Å². The molecule has 2 amide bonds. The lowest BCUT2D eigenvalue weighted by Gasteiger charge is -2.24. The standard InChI is InChI=1S/C13H13FN2O3/c14-9-4-5-10(12(17)18)11(8-9)15-13(19)16-6-2-1-3-7-16/h1-2,4-5,8H,3,6-7H2,(H,15,19)(H,17,18). The molecular weight excluding hydrogens is 251 g/mol. The minimum Gasteiger partial charge on any atom is -0.478 e. The van der Waals surface area contributed by atoms with Crippen LogP contribution < -0.4 is 5.32 Å². The van der Waals surface area contributed by atoms with Gasteiger partial charge >= 0.3 is 12.0 Å². The number of nitrogens with zero attached hydrogens (tertiary/aromatic N) is 1. The highest BCUT2D eigenvalue weighted by Crippen LogP contribution is 2.18. The number of hydrogen-bond donors (Lipinski definition) is 2. The number of nitrogens with one attached hydrogen (secondary N) is 1. The Morgan fingerprint density at radius 3 is 2.74 bits per heavy atom. The number of hydrogen-bond acceptors (Lipinski definition) is 2. The van der Waals surface area contributed by atoms with Gasteiger partial charge in [0.1, 0.15) is 5.82 Å². The highest BCUT2D eigenvalue weighted by atomic mass is 19.1. The molecule has 0 atom stereocenters. The van der Waals surface area contributed by atoms with Crippen molar-refractivity contribution >= 4 is 17.7 Å². The smallest absolute Gasteiger partial charge is 0.337 e. The average molecular weight is 264 g/mol. The van der Waals surface area contributed by atoms with Crippen molar-refractivity contribution in [2.45, 2.75) is 6.42 Å². The lowest BCUT2D eigenvalue weighted by Crippen LogP contribution is -2.37. The third-order valence-corrected chi connectivity index (χ3v) is 2.80. The molecule has 100 valence electrons. The van der Waals surface area contributed by atoms with Crippen LogP contribution in [0.3, 0.4) is 0 Å². The molecule has 1 heterocycles. The van der Waals surface area contributed by atoms with E-state index < -0.39 is 17.8 Å². The molecule has 6 heteroatoms. The van der Waals surface area contributed by atoms with Crippen molar-refractivity contribution in [3.63, 3.8) is 0 Å². The van der Waals surface area contributed by atoms with E-state index in [9.17, 15) is 14.0 Å². The molecule has 0 unspecified atom stereocenters. The zero-order valence-corrected chi connectivity index (χ0v) is 10.1. The highest BCUT2D eigenvalue weighted by molar-refractivity contribution is 6.00. The summed E-state index contributed by atoms with van der Waals surface area (Å²) in [5.41, 5.74) is -0.172. The molecule has 0 saturated heterocycles. The van der Waals surface area contributed by atoms with Gasteiger partial charge in [-0.1, -0.05) is 12.2 Å². The van der Waals surface area contributed by atoms with Gasteiger partial charge in [-0.15, -0.1) is 0 Å². The van der Waals surface area contributed by atoms with Gasteiger partial charge in [-0.3, -0.25) is 0 Å². The third kappa shape index (κ3) is 3.09. The van der Waals surface area contributed by atoms with Crippen LogP contribution in [-0.2, 0) is 0 Å². The van der Waals surface area contributed by atoms with Gasteiger partial charge in [0.25, 0.3) is 0 Å². The van der Waals surface area contributed by atoms with E-state index in [-0.39, 0.29) is 11.3 Å². The molecule has 0 saturated carbocycles. The number of benzene rings is 1. The predicted octanol–water partition coefficient (Wildman–Crippen LogP) is 2.32. The van der Waals surface area contributed by atoms with Crippen molar-refractivity contribution in [2.24, 2.45) is 0 Å². The third-order valence-electron chi connectivity index (χ3n) is 2.80. The molecule has 0 bridgehead atoms. The van der Waals surface area contributed by atoms with E-state index in [0.29, 0.717) is 13.1 Å². The second kappa shape index (κ2) is 5.51. The average Bonchev–Trinajstić information content (AvgIpc) is 2.39. The summed E-state index contributed by atoms with van der Waals surface area (Å²) in [5.74, 6) is -1.81. The zero-order valence-electron chi connectivity index (χ0n) is 10.1. The van der Waals surface area contributed by atoms with Crippen LogP contribution in [-0.4, -0.2) is 35.1 Å². The number of urea groups is 1. The number of halogens is 1. The van der Waals surface area contributed by atoms with Crippen LogP contribution in [0.15, 0.2) is 30.4 Å². The van der Waals surface area contributed by atoms with Crippen molar-refractivity contribution in [2.75, 3.05) is 18.4 Å². The fourth-order valence-electron chi connectivity index (χ4n) is 1.83. The van der Waals surface area contributed by atoms with Crippen molar-refractivity contribution in [1.29, 1.82) is 0 Å². The topological polar surface area (TPSA) is 69.6 Å². The summed E-state index contributed by atoms with van der Waals surface area (Å²) in [5, 5.41) is 11.4. The Kier molecular flexibility index (Phi) is 3.79. The van der Waals surface area contributed by atoms with Gasteiger partial charge in [-0.2, -0.15) is 0 Å². The summed E-state index contributed by atoms with van der Waals surface area (Å²) in [7, 11) is 0. The maximum absolute atomic E-state index is 13.1. The first kappa shape index (κ1) is 13.1. The fourth-order valence-corrected chi connectivity index (χ4v) is 1.83. The van der Waals surface area contributed by atoms with Crippen LogP contribution in [0.1, 0.15) is 16.8 Å². The first-order valence-electron chi connectivity index (χ1n) is 5.81. The van der Waals surface area contributed by atoms with Crippen LogP contribution in [0.4, 0.5) is 14.9 Å². The van der Waals surface area contributed by atoms with E-state index in [1.54, 1.807) is 0 Å². The number of rotatable bonds is 2. The Morgan fingerprint density at radius 2 is 2.11 bits per heavy atom. The van der Waals surface area contributed by atoms with Crippen LogP contribution in [0.2, 0.25) is 0 Å². The molecule has 19 heavy (non-hydrogen) atoms. The zero-order chi connectivity index (χ0) is 13.8. The first-order valence-corrected chi connectivity index (χ1v) is 5.81. The second-order valence-electron chi connectivity index (χ2n) is 4.13. The summed E-state index contributed by atoms with van der Waals surface area (Å²) in [6.07, 6.45) is 4.57. The Morgan fingerprint density at radius 1 is 1.32 bits per heavy atom. The minimum absolute atomic E-state index is 0.0351. The molecule has 1 aliphatic rings. The molecule has 0 aromatic heterocycles. The molecule has 1 aromatic rings. The molecular formula is C13H13FN2O3. The lowest BCUT2D eigenvalue weighted by molar-refractivity contribution is 0.0698. The van der Waals surface area contributed by atoms with Gasteiger partial charge < -0.3 is 15.3 Å². The number of anilines is 1. The predicted molar refractivity (Wildman–Crippen MR) is 67.7 cm³/mol. The molecule has 2 rings (SSSR count). The number of carbonyl (C=O) groups is 2. The molecule has 0 radical (unpaired) electrons. The Bertz CT molecular complexity index is 543. The van der Waals surface area contributed by atoms with Crippen LogP contribution in [0.5, 0.6) is 0 Å². The largest absolute Gasteiger partial charge is 0.478 e. The Balaban J connectivity index is 2.17. The summed E-state index contributed by atoms with van der Waals surface area (Å²) < 4.78 is 13.1. The quantitative estimate of drug-likeness (QED) is 0.805. The number of aromatic carboxylic acids is 1. The van der Waals surface area contributed by atoms with Crippen LogP contribution in [0, 0.1) is 5.82 Å². The second-order valence-corrected chi connectivity index (χ2v) is 4.13. The maximum Gasteiger partial charge on any atom is 0.337 e. The van der Waals surface area contributed by atoms with Crippen LogP contribution >= 0.6 is 0 Å². The molecule has 1 aromatic carbocycles. The Hall–Kier alpha value is -2.37.